The molecule has 1 N–H and O–H groups in total. The van der Waals surface area contributed by atoms with Gasteiger partial charge in [0.1, 0.15) is 6.04 Å². The monoisotopic (exact) mass is 279 g/mol. The lowest BCUT2D eigenvalue weighted by Crippen LogP contribution is -2.49. The average Bonchev–Trinajstić information content (AvgIpc) is 2.52. The summed E-state index contributed by atoms with van der Waals surface area (Å²) in [5, 5.41) is 3.00. The van der Waals surface area contributed by atoms with Crippen LogP contribution < -0.4 is 5.32 Å². The summed E-state index contributed by atoms with van der Waals surface area (Å²) in [7, 11) is 0. The molecule has 0 saturated carbocycles. The van der Waals surface area contributed by atoms with E-state index in [1.165, 1.54) is 6.08 Å². The summed E-state index contributed by atoms with van der Waals surface area (Å²) < 4.78 is 0. The summed E-state index contributed by atoms with van der Waals surface area (Å²) in [5.74, 6) is -1.08. The molecule has 0 aromatic rings. The van der Waals surface area contributed by atoms with Crippen LogP contribution in [0.3, 0.4) is 0 Å². The summed E-state index contributed by atoms with van der Waals surface area (Å²) >= 11 is 0. The highest BCUT2D eigenvalue weighted by atomic mass is 16.1. The van der Waals surface area contributed by atoms with Crippen molar-refractivity contribution in [3.05, 3.63) is 59.4 Å². The second kappa shape index (κ2) is 4.25. The van der Waals surface area contributed by atoms with E-state index < -0.39 is 17.9 Å². The number of allylic oxidation sites excluding steroid dienone is 8. The molecule has 104 valence electrons. The van der Waals surface area contributed by atoms with Gasteiger partial charge in [-0.2, -0.15) is 0 Å². The number of dihydropyridines is 1. The fourth-order valence-corrected chi connectivity index (χ4v) is 3.35. The van der Waals surface area contributed by atoms with Crippen LogP contribution in [0.2, 0.25) is 0 Å². The Labute approximate surface area is 121 Å². The molecule has 0 aromatic carbocycles. The predicted octanol–water partition coefficient (Wildman–Crippen LogP) is 1.18. The maximum Gasteiger partial charge on any atom is 0.187 e. The first-order valence-electron chi connectivity index (χ1n) is 7.02. The van der Waals surface area contributed by atoms with Crippen molar-refractivity contribution >= 4 is 17.3 Å². The van der Waals surface area contributed by atoms with Crippen LogP contribution in [-0.2, 0) is 14.4 Å². The van der Waals surface area contributed by atoms with Gasteiger partial charge in [-0.1, -0.05) is 30.4 Å². The molecule has 0 spiro atoms. The molecule has 1 aliphatic heterocycles. The number of ketones is 3. The zero-order valence-electron chi connectivity index (χ0n) is 11.2. The molecule has 0 fully saturated rings. The molecule has 4 aliphatic rings. The van der Waals surface area contributed by atoms with Crippen molar-refractivity contribution < 1.29 is 14.4 Å². The van der Waals surface area contributed by atoms with Crippen LogP contribution in [0.5, 0.6) is 0 Å². The van der Waals surface area contributed by atoms with Gasteiger partial charge in [0.05, 0.1) is 17.5 Å². The second-order valence-corrected chi connectivity index (χ2v) is 5.64. The number of carbonyl (C=O) groups excluding carboxylic acids is 3. The van der Waals surface area contributed by atoms with E-state index in [1.54, 1.807) is 36.5 Å². The molecule has 0 aromatic heterocycles. The summed E-state index contributed by atoms with van der Waals surface area (Å²) in [6.07, 6.45) is 12.8. The molecule has 1 heterocycles. The Kier molecular flexibility index (Phi) is 2.48. The summed E-state index contributed by atoms with van der Waals surface area (Å²) in [6, 6.07) is -0.495. The third kappa shape index (κ3) is 1.65. The molecule has 0 amide bonds. The van der Waals surface area contributed by atoms with Crippen molar-refractivity contribution in [2.45, 2.75) is 12.5 Å². The van der Waals surface area contributed by atoms with Crippen molar-refractivity contribution in [1.82, 2.24) is 5.32 Å². The molecule has 4 heteroatoms. The minimum atomic E-state index is -0.495. The molecule has 0 saturated heterocycles. The molecule has 3 unspecified atom stereocenters. The van der Waals surface area contributed by atoms with Crippen molar-refractivity contribution in [3.8, 4) is 0 Å². The normalized spacial score (nSPS) is 33.2. The SMILES string of the molecule is O=C1C=CCC2=CC3=C(NC12)C(=O)C1C=CC=CC1C3=O. The van der Waals surface area contributed by atoms with Crippen molar-refractivity contribution in [2.75, 3.05) is 0 Å². The molecule has 0 radical (unpaired) electrons. The van der Waals surface area contributed by atoms with Crippen molar-refractivity contribution in [3.63, 3.8) is 0 Å². The fraction of sp³-hybridized carbons (Fsp3) is 0.235. The number of nitrogens with one attached hydrogen (secondary N) is 1. The van der Waals surface area contributed by atoms with Gasteiger partial charge in [0.15, 0.2) is 17.3 Å². The van der Waals surface area contributed by atoms with Crippen LogP contribution >= 0.6 is 0 Å². The lowest BCUT2D eigenvalue weighted by atomic mass is 9.72. The molecule has 21 heavy (non-hydrogen) atoms. The summed E-state index contributed by atoms with van der Waals surface area (Å²) in [5.41, 5.74) is 1.59. The summed E-state index contributed by atoms with van der Waals surface area (Å²) in [4.78, 5) is 37.2. The van der Waals surface area contributed by atoms with Crippen molar-refractivity contribution in [2.24, 2.45) is 11.8 Å². The van der Waals surface area contributed by atoms with E-state index in [1.807, 2.05) is 0 Å². The first kappa shape index (κ1) is 12.3. The van der Waals surface area contributed by atoms with Gasteiger partial charge in [-0.3, -0.25) is 14.4 Å². The minimum Gasteiger partial charge on any atom is -0.368 e. The highest BCUT2D eigenvalue weighted by Gasteiger charge is 2.44. The van der Waals surface area contributed by atoms with E-state index in [2.05, 4.69) is 5.32 Å². The fourth-order valence-electron chi connectivity index (χ4n) is 3.35. The van der Waals surface area contributed by atoms with Gasteiger partial charge in [0.2, 0.25) is 0 Å². The first-order chi connectivity index (χ1) is 10.2. The van der Waals surface area contributed by atoms with E-state index in [4.69, 9.17) is 0 Å². The third-order valence-corrected chi connectivity index (χ3v) is 4.43. The molecule has 3 atom stereocenters. The van der Waals surface area contributed by atoms with Gasteiger partial charge >= 0.3 is 0 Å². The Morgan fingerprint density at radius 3 is 2.48 bits per heavy atom. The third-order valence-electron chi connectivity index (χ3n) is 4.43. The number of fused-ring (bicyclic) bond motifs is 2. The molecule has 4 rings (SSSR count). The second-order valence-electron chi connectivity index (χ2n) is 5.64. The Bertz CT molecular complexity index is 733. The van der Waals surface area contributed by atoms with Crippen LogP contribution in [0.1, 0.15) is 6.42 Å². The maximum atomic E-state index is 12.6. The van der Waals surface area contributed by atoms with Crippen LogP contribution in [-0.4, -0.2) is 23.4 Å². The van der Waals surface area contributed by atoms with Crippen LogP contribution in [0.25, 0.3) is 0 Å². The van der Waals surface area contributed by atoms with E-state index in [9.17, 15) is 14.4 Å². The highest BCUT2D eigenvalue weighted by Crippen LogP contribution is 2.36. The Balaban J connectivity index is 1.83. The van der Waals surface area contributed by atoms with Crippen LogP contribution in [0, 0.1) is 11.8 Å². The van der Waals surface area contributed by atoms with Crippen LogP contribution in [0.4, 0.5) is 0 Å². The molecule has 0 bridgehead atoms. The lowest BCUT2D eigenvalue weighted by Gasteiger charge is -2.35. The van der Waals surface area contributed by atoms with Gasteiger partial charge in [0.25, 0.3) is 0 Å². The van der Waals surface area contributed by atoms with Gasteiger partial charge in [0, 0.05) is 5.57 Å². The highest BCUT2D eigenvalue weighted by molar-refractivity contribution is 6.17. The largest absolute Gasteiger partial charge is 0.368 e. The van der Waals surface area contributed by atoms with Gasteiger partial charge in [-0.15, -0.1) is 0 Å². The van der Waals surface area contributed by atoms with E-state index >= 15 is 0 Å². The van der Waals surface area contributed by atoms with Gasteiger partial charge in [-0.25, -0.2) is 0 Å². The van der Waals surface area contributed by atoms with E-state index in [-0.39, 0.29) is 17.3 Å². The maximum absolute atomic E-state index is 12.6. The molecule has 4 nitrogen and oxygen atoms in total. The number of hydrogen-bond acceptors (Lipinski definition) is 4. The molecular weight excluding hydrogens is 266 g/mol. The standard InChI is InChI=1S/C17H13NO3/c19-13-7-3-4-9-8-12-15(18-14(9)13)17(21)11-6-2-1-5-10(11)16(12)20/h1-3,5-8,10-11,14,18H,4H2. The van der Waals surface area contributed by atoms with Gasteiger partial charge < -0.3 is 5.32 Å². The number of rotatable bonds is 0. The van der Waals surface area contributed by atoms with Crippen molar-refractivity contribution in [1.29, 1.82) is 0 Å². The Hall–Kier alpha value is -2.49. The number of hydrogen-bond donors (Lipinski definition) is 1. The van der Waals surface area contributed by atoms with Crippen LogP contribution in [0.15, 0.2) is 59.4 Å². The Morgan fingerprint density at radius 2 is 1.71 bits per heavy atom. The summed E-state index contributed by atoms with van der Waals surface area (Å²) in [6.45, 7) is 0. The number of carbonyl (C=O) groups is 3. The predicted molar refractivity (Wildman–Crippen MR) is 76.1 cm³/mol. The van der Waals surface area contributed by atoms with E-state index in [0.717, 1.165) is 5.57 Å². The average molecular weight is 279 g/mol. The quantitative estimate of drug-likeness (QED) is 0.723. The van der Waals surface area contributed by atoms with Gasteiger partial charge in [-0.05, 0) is 24.1 Å². The van der Waals surface area contributed by atoms with E-state index in [0.29, 0.717) is 17.7 Å². The first-order valence-corrected chi connectivity index (χ1v) is 7.02. The smallest absolute Gasteiger partial charge is 0.187 e. The Morgan fingerprint density at radius 1 is 1.00 bits per heavy atom. The minimum absolute atomic E-state index is 0.0457. The molecule has 3 aliphatic carbocycles. The number of Topliss-reactive ketones (excluding diaryl/α,β-unsaturated/α-hetero) is 2. The topological polar surface area (TPSA) is 63.2 Å². The zero-order valence-corrected chi connectivity index (χ0v) is 11.2. The molecular formula is C17H13NO3. The zero-order chi connectivity index (χ0) is 14.6. The lowest BCUT2D eigenvalue weighted by molar-refractivity contribution is -0.128.